The highest BCUT2D eigenvalue weighted by atomic mass is 16.3. The van der Waals surface area contributed by atoms with E-state index < -0.39 is 0 Å². The Hall–Kier alpha value is -0.120. The smallest absolute Gasteiger partial charge is 0.0448 e. The third-order valence-electron chi connectivity index (χ3n) is 5.97. The van der Waals surface area contributed by atoms with Gasteiger partial charge >= 0.3 is 0 Å². The maximum absolute atomic E-state index is 9.52. The van der Waals surface area contributed by atoms with Crippen LogP contribution in [0.5, 0.6) is 0 Å². The second kappa shape index (κ2) is 20.6. The monoisotopic (exact) mass is 385 g/mol. The molecule has 27 heavy (non-hydrogen) atoms. The molecule has 0 aromatic rings. The summed E-state index contributed by atoms with van der Waals surface area (Å²) >= 11 is 0. The van der Waals surface area contributed by atoms with Crippen LogP contribution < -0.4 is 5.32 Å². The maximum Gasteiger partial charge on any atom is 0.0448 e. The van der Waals surface area contributed by atoms with Gasteiger partial charge in [-0.3, -0.25) is 0 Å². The molecule has 0 rings (SSSR count). The number of rotatable bonds is 22. The van der Waals surface area contributed by atoms with Gasteiger partial charge in [-0.2, -0.15) is 0 Å². The third-order valence-corrected chi connectivity index (χ3v) is 5.97. The molecule has 0 amide bonds. The molecule has 164 valence electrons. The lowest BCUT2D eigenvalue weighted by molar-refractivity contribution is 0.152. The van der Waals surface area contributed by atoms with Crippen molar-refractivity contribution in [3.8, 4) is 0 Å². The Labute approximate surface area is 170 Å². The molecular formula is C24H51NO2. The molecule has 0 atom stereocenters. The van der Waals surface area contributed by atoms with E-state index in [1.807, 2.05) is 0 Å². The molecule has 0 aromatic heterocycles. The van der Waals surface area contributed by atoms with Crippen molar-refractivity contribution in [2.75, 3.05) is 19.8 Å². The Bertz CT molecular complexity index is 278. The molecule has 0 saturated heterocycles. The summed E-state index contributed by atoms with van der Waals surface area (Å²) in [5.41, 5.74) is -0.0605. The molecule has 0 saturated carbocycles. The zero-order chi connectivity index (χ0) is 20.1. The lowest BCUT2D eigenvalue weighted by Gasteiger charge is -2.35. The molecule has 0 heterocycles. The second-order valence-corrected chi connectivity index (χ2v) is 8.50. The standard InChI is InChI=1S/C24H51NO2/c1-3-5-7-9-10-11-12-13-15-17-21-25-24(19-22-26,20-23-27)18-16-14-8-6-4-2/h25-27H,3-23H2,1-2H3. The van der Waals surface area contributed by atoms with Crippen LogP contribution in [-0.4, -0.2) is 35.5 Å². The minimum atomic E-state index is -0.0605. The molecule has 3 nitrogen and oxygen atoms in total. The van der Waals surface area contributed by atoms with Crippen LogP contribution in [0.25, 0.3) is 0 Å². The van der Waals surface area contributed by atoms with Crippen LogP contribution in [0.1, 0.15) is 129 Å². The average Bonchev–Trinajstić information content (AvgIpc) is 2.66. The average molecular weight is 386 g/mol. The van der Waals surface area contributed by atoms with Crippen molar-refractivity contribution in [2.45, 2.75) is 135 Å². The first-order valence-corrected chi connectivity index (χ1v) is 12.2. The van der Waals surface area contributed by atoms with Gasteiger partial charge in [0.15, 0.2) is 0 Å². The van der Waals surface area contributed by atoms with Crippen molar-refractivity contribution in [3.63, 3.8) is 0 Å². The molecule has 0 aliphatic carbocycles. The molecule has 0 unspecified atom stereocenters. The Balaban J connectivity index is 3.89. The lowest BCUT2D eigenvalue weighted by atomic mass is 9.85. The number of aliphatic hydroxyl groups is 2. The van der Waals surface area contributed by atoms with Crippen LogP contribution in [0.15, 0.2) is 0 Å². The predicted molar refractivity (Wildman–Crippen MR) is 119 cm³/mol. The summed E-state index contributed by atoms with van der Waals surface area (Å²) in [7, 11) is 0. The Kier molecular flexibility index (Phi) is 20.5. The number of aliphatic hydroxyl groups excluding tert-OH is 2. The molecular weight excluding hydrogens is 334 g/mol. The van der Waals surface area contributed by atoms with Crippen LogP contribution in [0.3, 0.4) is 0 Å². The number of unbranched alkanes of at least 4 members (excludes halogenated alkanes) is 13. The van der Waals surface area contributed by atoms with E-state index in [1.165, 1.54) is 96.3 Å². The summed E-state index contributed by atoms with van der Waals surface area (Å²) in [6, 6.07) is 0. The second-order valence-electron chi connectivity index (χ2n) is 8.50. The molecule has 0 bridgehead atoms. The first-order chi connectivity index (χ1) is 13.2. The van der Waals surface area contributed by atoms with Gasteiger partial charge in [-0.05, 0) is 32.2 Å². The zero-order valence-corrected chi connectivity index (χ0v) is 18.7. The van der Waals surface area contributed by atoms with E-state index >= 15 is 0 Å². The van der Waals surface area contributed by atoms with E-state index in [0.717, 1.165) is 25.8 Å². The van der Waals surface area contributed by atoms with Crippen LogP contribution in [-0.2, 0) is 0 Å². The fourth-order valence-corrected chi connectivity index (χ4v) is 4.10. The van der Waals surface area contributed by atoms with Crippen LogP contribution in [0.4, 0.5) is 0 Å². The maximum atomic E-state index is 9.52. The number of nitrogens with one attached hydrogen (secondary N) is 1. The van der Waals surface area contributed by atoms with Gasteiger partial charge in [-0.1, -0.05) is 104 Å². The largest absolute Gasteiger partial charge is 0.396 e. The summed E-state index contributed by atoms with van der Waals surface area (Å²) in [6.45, 7) is 5.96. The minimum Gasteiger partial charge on any atom is -0.396 e. The quantitative estimate of drug-likeness (QED) is 0.190. The molecule has 0 aliphatic heterocycles. The van der Waals surface area contributed by atoms with Crippen molar-refractivity contribution >= 4 is 0 Å². The Morgan fingerprint density at radius 1 is 0.519 bits per heavy atom. The molecule has 0 aliphatic rings. The van der Waals surface area contributed by atoms with Gasteiger partial charge in [0.2, 0.25) is 0 Å². The molecule has 0 spiro atoms. The predicted octanol–water partition coefficient (Wildman–Crippen LogP) is 6.36. The summed E-state index contributed by atoms with van der Waals surface area (Å²) in [6.07, 6.45) is 22.6. The van der Waals surface area contributed by atoms with Gasteiger partial charge in [0.25, 0.3) is 0 Å². The number of hydrogen-bond acceptors (Lipinski definition) is 3. The van der Waals surface area contributed by atoms with Crippen LogP contribution in [0.2, 0.25) is 0 Å². The minimum absolute atomic E-state index is 0.0605. The van der Waals surface area contributed by atoms with E-state index in [-0.39, 0.29) is 18.8 Å². The summed E-state index contributed by atoms with van der Waals surface area (Å²) in [4.78, 5) is 0. The van der Waals surface area contributed by atoms with Crippen molar-refractivity contribution in [2.24, 2.45) is 0 Å². The van der Waals surface area contributed by atoms with Crippen molar-refractivity contribution in [1.82, 2.24) is 5.32 Å². The fraction of sp³-hybridized carbons (Fsp3) is 1.00. The first kappa shape index (κ1) is 26.9. The van der Waals surface area contributed by atoms with E-state index in [4.69, 9.17) is 0 Å². The SMILES string of the molecule is CCCCCCCCCCCCNC(CCO)(CCO)CCCCCCC. The Morgan fingerprint density at radius 2 is 0.926 bits per heavy atom. The summed E-state index contributed by atoms with van der Waals surface area (Å²) in [5.74, 6) is 0. The molecule has 0 fully saturated rings. The van der Waals surface area contributed by atoms with Crippen molar-refractivity contribution in [1.29, 1.82) is 0 Å². The van der Waals surface area contributed by atoms with E-state index in [0.29, 0.717) is 0 Å². The highest BCUT2D eigenvalue weighted by Crippen LogP contribution is 2.24. The lowest BCUT2D eigenvalue weighted by Crippen LogP contribution is -2.47. The zero-order valence-electron chi connectivity index (χ0n) is 18.7. The topological polar surface area (TPSA) is 52.5 Å². The van der Waals surface area contributed by atoms with Gasteiger partial charge in [-0.25, -0.2) is 0 Å². The molecule has 0 aromatic carbocycles. The normalized spacial score (nSPS) is 12.0. The van der Waals surface area contributed by atoms with Crippen LogP contribution in [0, 0.1) is 0 Å². The summed E-state index contributed by atoms with van der Waals surface area (Å²) in [5, 5.41) is 22.8. The van der Waals surface area contributed by atoms with Gasteiger partial charge in [0.1, 0.15) is 0 Å². The van der Waals surface area contributed by atoms with Gasteiger partial charge in [-0.15, -0.1) is 0 Å². The third kappa shape index (κ3) is 16.5. The van der Waals surface area contributed by atoms with E-state index in [1.54, 1.807) is 0 Å². The highest BCUT2D eigenvalue weighted by Gasteiger charge is 2.27. The summed E-state index contributed by atoms with van der Waals surface area (Å²) < 4.78 is 0. The van der Waals surface area contributed by atoms with E-state index in [2.05, 4.69) is 19.2 Å². The van der Waals surface area contributed by atoms with Crippen molar-refractivity contribution < 1.29 is 10.2 Å². The van der Waals surface area contributed by atoms with E-state index in [9.17, 15) is 10.2 Å². The number of hydrogen-bond donors (Lipinski definition) is 3. The van der Waals surface area contributed by atoms with Crippen molar-refractivity contribution in [3.05, 3.63) is 0 Å². The first-order valence-electron chi connectivity index (χ1n) is 12.2. The van der Waals surface area contributed by atoms with Gasteiger partial charge in [0.05, 0.1) is 0 Å². The van der Waals surface area contributed by atoms with Gasteiger partial charge in [0, 0.05) is 18.8 Å². The molecule has 3 heteroatoms. The van der Waals surface area contributed by atoms with Gasteiger partial charge < -0.3 is 15.5 Å². The highest BCUT2D eigenvalue weighted by molar-refractivity contribution is 4.87. The van der Waals surface area contributed by atoms with Crippen LogP contribution >= 0.6 is 0 Å². The molecule has 0 radical (unpaired) electrons. The fourth-order valence-electron chi connectivity index (χ4n) is 4.10. The molecule has 3 N–H and O–H groups in total. The Morgan fingerprint density at radius 3 is 1.37 bits per heavy atom.